The highest BCUT2D eigenvalue weighted by molar-refractivity contribution is 6.64. The van der Waals surface area contributed by atoms with Crippen LogP contribution in [0.4, 0.5) is 0 Å². The molecule has 0 fully saturated rings. The summed E-state index contributed by atoms with van der Waals surface area (Å²) in [6.07, 6.45) is 0. The molecule has 0 aliphatic heterocycles. The molecular formula is C3H6ClNO. The van der Waals surface area contributed by atoms with Gasteiger partial charge in [0.15, 0.2) is 0 Å². The minimum atomic E-state index is 0.414. The van der Waals surface area contributed by atoms with Crippen molar-refractivity contribution in [2.45, 2.75) is 6.92 Å². The summed E-state index contributed by atoms with van der Waals surface area (Å²) < 4.78 is 0. The van der Waals surface area contributed by atoms with Gasteiger partial charge in [-0.2, -0.15) is 0 Å². The van der Waals surface area contributed by atoms with Crippen LogP contribution in [0.2, 0.25) is 0 Å². The molecule has 0 heterocycles. The molecule has 0 amide bonds. The van der Waals surface area contributed by atoms with Crippen LogP contribution in [0.1, 0.15) is 6.92 Å². The molecule has 3 heteroatoms. The Balaban J connectivity index is 3.14. The normalized spacial score (nSPS) is 11.5. The van der Waals surface area contributed by atoms with Crippen LogP contribution in [0.25, 0.3) is 0 Å². The largest absolute Gasteiger partial charge is 0.398 e. The lowest BCUT2D eigenvalue weighted by Crippen LogP contribution is -1.74. The van der Waals surface area contributed by atoms with Gasteiger partial charge in [-0.3, -0.25) is 0 Å². The molecule has 0 saturated carbocycles. The minimum Gasteiger partial charge on any atom is -0.398 e. The number of hydrogen-bond acceptors (Lipinski definition) is 2. The Hall–Kier alpha value is -0.240. The number of rotatable bonds is 1. The van der Waals surface area contributed by atoms with Gasteiger partial charge in [-0.1, -0.05) is 16.8 Å². The van der Waals surface area contributed by atoms with E-state index in [9.17, 15) is 0 Å². The Kier molecular flexibility index (Phi) is 2.85. The van der Waals surface area contributed by atoms with E-state index in [0.717, 1.165) is 0 Å². The van der Waals surface area contributed by atoms with E-state index in [4.69, 9.17) is 11.6 Å². The quantitative estimate of drug-likeness (QED) is 0.365. The molecule has 2 nitrogen and oxygen atoms in total. The Morgan fingerprint density at radius 3 is 2.33 bits per heavy atom. The van der Waals surface area contributed by atoms with Crippen molar-refractivity contribution in [2.24, 2.45) is 5.16 Å². The van der Waals surface area contributed by atoms with Crippen LogP contribution >= 0.6 is 11.6 Å². The van der Waals surface area contributed by atoms with Crippen molar-refractivity contribution in [1.82, 2.24) is 0 Å². The molecule has 0 N–H and O–H groups in total. The average molecular weight is 108 g/mol. The van der Waals surface area contributed by atoms with Crippen molar-refractivity contribution in [1.29, 1.82) is 0 Å². The summed E-state index contributed by atoms with van der Waals surface area (Å²) >= 11 is 5.20. The van der Waals surface area contributed by atoms with Crippen LogP contribution in [-0.4, -0.2) is 12.3 Å². The molecule has 0 atom stereocenters. The summed E-state index contributed by atoms with van der Waals surface area (Å²) in [4.78, 5) is 4.26. The Labute approximate surface area is 41.7 Å². The van der Waals surface area contributed by atoms with Gasteiger partial charge in [0.2, 0.25) is 0 Å². The lowest BCUT2D eigenvalue weighted by Gasteiger charge is -1.81. The zero-order valence-corrected chi connectivity index (χ0v) is 4.49. The highest BCUT2D eigenvalue weighted by Crippen LogP contribution is 1.80. The second-order valence-electron chi connectivity index (χ2n) is 0.771. The first-order chi connectivity index (χ1) is 2.77. The molecule has 0 saturated heterocycles. The molecule has 0 unspecified atom stereocenters. The van der Waals surface area contributed by atoms with Crippen molar-refractivity contribution in [2.75, 3.05) is 7.11 Å². The highest BCUT2D eigenvalue weighted by atomic mass is 35.5. The van der Waals surface area contributed by atoms with Crippen LogP contribution in [0.5, 0.6) is 0 Å². The molecule has 0 aromatic carbocycles. The first-order valence-electron chi connectivity index (χ1n) is 1.50. The second kappa shape index (κ2) is 2.97. The second-order valence-corrected chi connectivity index (χ2v) is 1.32. The summed E-state index contributed by atoms with van der Waals surface area (Å²) in [6.45, 7) is 1.64. The molecule has 0 aliphatic carbocycles. The Morgan fingerprint density at radius 2 is 2.33 bits per heavy atom. The van der Waals surface area contributed by atoms with Crippen LogP contribution in [0.3, 0.4) is 0 Å². The summed E-state index contributed by atoms with van der Waals surface area (Å²) in [5, 5.41) is 3.72. The molecule has 0 aromatic rings. The molecule has 0 radical (unpaired) electrons. The average Bonchev–Trinajstić information content (AvgIpc) is 1.35. The lowest BCUT2D eigenvalue weighted by molar-refractivity contribution is 0.214. The van der Waals surface area contributed by atoms with Gasteiger partial charge in [-0.15, -0.1) is 0 Å². The highest BCUT2D eigenvalue weighted by Gasteiger charge is 1.72. The third-order valence-electron chi connectivity index (χ3n) is 0.217. The van der Waals surface area contributed by atoms with Gasteiger partial charge in [0, 0.05) is 0 Å². The number of halogens is 1. The number of nitrogens with zero attached hydrogens (tertiary/aromatic N) is 1. The van der Waals surface area contributed by atoms with Gasteiger partial charge in [0.25, 0.3) is 0 Å². The topological polar surface area (TPSA) is 21.6 Å². The van der Waals surface area contributed by atoms with E-state index in [1.807, 2.05) is 0 Å². The fourth-order valence-corrected chi connectivity index (χ4v) is 0.195. The minimum absolute atomic E-state index is 0.414. The zero-order valence-electron chi connectivity index (χ0n) is 3.73. The Bertz CT molecular complexity index is 57.8. The van der Waals surface area contributed by atoms with Crippen LogP contribution in [0.15, 0.2) is 5.16 Å². The van der Waals surface area contributed by atoms with Crippen molar-refractivity contribution in [3.05, 3.63) is 0 Å². The molecule has 0 bridgehead atoms. The third-order valence-corrected chi connectivity index (χ3v) is 0.286. The van der Waals surface area contributed by atoms with E-state index in [-0.39, 0.29) is 0 Å². The summed E-state index contributed by atoms with van der Waals surface area (Å²) in [5.41, 5.74) is 0. The number of oxime groups is 1. The summed E-state index contributed by atoms with van der Waals surface area (Å²) in [7, 11) is 1.45. The standard InChI is InChI=1S/C3H6ClNO/c1-3(4)5-6-2/h1-2H3/b5-3-. The van der Waals surface area contributed by atoms with Gasteiger partial charge in [-0.25, -0.2) is 0 Å². The third kappa shape index (κ3) is 3.76. The fraction of sp³-hybridized carbons (Fsp3) is 0.667. The molecule has 36 valence electrons. The van der Waals surface area contributed by atoms with Gasteiger partial charge in [0.05, 0.1) is 0 Å². The molecule has 0 aliphatic rings. The molecule has 0 rings (SSSR count). The maximum Gasteiger partial charge on any atom is 0.142 e. The fourth-order valence-electron chi connectivity index (χ4n) is 0.126. The van der Waals surface area contributed by atoms with Crippen molar-refractivity contribution >= 4 is 16.8 Å². The van der Waals surface area contributed by atoms with Crippen LogP contribution in [-0.2, 0) is 4.84 Å². The lowest BCUT2D eigenvalue weighted by atomic mass is 10.9. The molecule has 0 spiro atoms. The van der Waals surface area contributed by atoms with E-state index in [1.165, 1.54) is 7.11 Å². The van der Waals surface area contributed by atoms with Crippen molar-refractivity contribution < 1.29 is 4.84 Å². The van der Waals surface area contributed by atoms with E-state index < -0.39 is 0 Å². The van der Waals surface area contributed by atoms with Gasteiger partial charge in [-0.05, 0) is 6.92 Å². The van der Waals surface area contributed by atoms with Gasteiger partial charge < -0.3 is 4.84 Å². The van der Waals surface area contributed by atoms with E-state index >= 15 is 0 Å². The first-order valence-corrected chi connectivity index (χ1v) is 1.88. The molecular weight excluding hydrogens is 101 g/mol. The smallest absolute Gasteiger partial charge is 0.142 e. The number of hydrogen-bond donors (Lipinski definition) is 0. The zero-order chi connectivity index (χ0) is 4.99. The van der Waals surface area contributed by atoms with Crippen molar-refractivity contribution in [3.63, 3.8) is 0 Å². The Morgan fingerprint density at radius 1 is 1.83 bits per heavy atom. The van der Waals surface area contributed by atoms with E-state index in [2.05, 4.69) is 9.99 Å². The van der Waals surface area contributed by atoms with Gasteiger partial charge in [0.1, 0.15) is 12.3 Å². The molecule has 0 aromatic heterocycles. The maximum absolute atomic E-state index is 5.20. The van der Waals surface area contributed by atoms with Crippen LogP contribution < -0.4 is 0 Å². The predicted molar refractivity (Wildman–Crippen MR) is 26.0 cm³/mol. The maximum atomic E-state index is 5.20. The molecule has 6 heavy (non-hydrogen) atoms. The SMILES string of the molecule is CO/N=C(/C)Cl. The monoisotopic (exact) mass is 107 g/mol. The van der Waals surface area contributed by atoms with Crippen LogP contribution in [0, 0.1) is 0 Å². The van der Waals surface area contributed by atoms with E-state index in [0.29, 0.717) is 5.17 Å². The summed E-state index contributed by atoms with van der Waals surface area (Å²) in [6, 6.07) is 0. The first kappa shape index (κ1) is 5.76. The van der Waals surface area contributed by atoms with Gasteiger partial charge >= 0.3 is 0 Å². The van der Waals surface area contributed by atoms with E-state index in [1.54, 1.807) is 6.92 Å². The summed E-state index contributed by atoms with van der Waals surface area (Å²) in [5.74, 6) is 0. The predicted octanol–water partition coefficient (Wildman–Crippen LogP) is 1.21. The van der Waals surface area contributed by atoms with Crippen molar-refractivity contribution in [3.8, 4) is 0 Å².